The van der Waals surface area contributed by atoms with Gasteiger partial charge in [0.05, 0.1) is 42.7 Å². The van der Waals surface area contributed by atoms with E-state index in [9.17, 15) is 28.8 Å². The molecule has 0 unspecified atom stereocenters. The van der Waals surface area contributed by atoms with Gasteiger partial charge in [-0.2, -0.15) is 0 Å². The van der Waals surface area contributed by atoms with Gasteiger partial charge < -0.3 is 39.8 Å². The highest BCUT2D eigenvalue weighted by atomic mass is 16.5. The van der Waals surface area contributed by atoms with E-state index in [2.05, 4.69) is 10.6 Å². The fourth-order valence-corrected chi connectivity index (χ4v) is 9.08. The van der Waals surface area contributed by atoms with E-state index in [1.54, 1.807) is 30.8 Å². The van der Waals surface area contributed by atoms with Crippen LogP contribution in [0.25, 0.3) is 0 Å². The summed E-state index contributed by atoms with van der Waals surface area (Å²) < 4.78 is 17.8. The van der Waals surface area contributed by atoms with E-state index in [0.717, 1.165) is 11.1 Å². The second-order valence-corrected chi connectivity index (χ2v) is 18.3. The van der Waals surface area contributed by atoms with E-state index in [1.807, 2.05) is 107 Å². The van der Waals surface area contributed by atoms with Crippen LogP contribution in [0.15, 0.2) is 60.7 Å². The van der Waals surface area contributed by atoms with Crippen LogP contribution in [0.4, 0.5) is 0 Å². The van der Waals surface area contributed by atoms with Crippen LogP contribution >= 0.6 is 0 Å². The van der Waals surface area contributed by atoms with E-state index in [4.69, 9.17) is 19.3 Å². The first-order valence-corrected chi connectivity index (χ1v) is 23.2. The molecule has 0 spiro atoms. The third-order valence-corrected chi connectivity index (χ3v) is 12.9. The number of amides is 4. The molecule has 1 aliphatic rings. The lowest BCUT2D eigenvalue weighted by Gasteiger charge is -2.41. The molecule has 4 amide bonds. The van der Waals surface area contributed by atoms with Crippen molar-refractivity contribution in [3.05, 3.63) is 71.8 Å². The molecule has 15 nitrogen and oxygen atoms in total. The van der Waals surface area contributed by atoms with Crippen LogP contribution in [0.2, 0.25) is 0 Å². The Kier molecular flexibility index (Phi) is 22.6. The maximum Gasteiger partial charge on any atom is 0.329 e. The summed E-state index contributed by atoms with van der Waals surface area (Å²) in [6.07, 6.45) is 1.12. The Morgan fingerprint density at radius 1 is 0.831 bits per heavy atom. The van der Waals surface area contributed by atoms with Crippen molar-refractivity contribution < 1.29 is 48.1 Å². The number of carbonyl (C=O) groups is 6. The van der Waals surface area contributed by atoms with Gasteiger partial charge in [-0.3, -0.25) is 28.9 Å². The highest BCUT2D eigenvalue weighted by Crippen LogP contribution is 2.30. The molecule has 3 N–H and O–H groups in total. The molecule has 2 aromatic rings. The van der Waals surface area contributed by atoms with Gasteiger partial charge >= 0.3 is 11.9 Å². The Bertz CT molecular complexity index is 1810. The SMILES string of the molecule is CC[C@H](C)[C@@H]([C@@H](CC(=O)N1CCC[C@H]1[C@H](OC)[C@@H](C)C(=O)N[C@@H](Cc1ccccc1)C(=O)OCc1ccccc1)OC)N(C)C(=O)[C@@H](NC(=O)[C@H](C(C)C)N(C)CCCC(=O)O)C(C)C. The zero-order valence-electron chi connectivity index (χ0n) is 40.7. The molecule has 15 heteroatoms. The number of nitrogens with one attached hydrogen (secondary N) is 2. The summed E-state index contributed by atoms with van der Waals surface area (Å²) in [5, 5.41) is 15.1. The molecule has 1 fully saturated rings. The molecule has 0 bridgehead atoms. The molecule has 1 aliphatic heterocycles. The summed E-state index contributed by atoms with van der Waals surface area (Å²) in [4.78, 5) is 86.7. The number of nitrogens with zero attached hydrogens (tertiary/aromatic N) is 3. The minimum atomic E-state index is -0.966. The summed E-state index contributed by atoms with van der Waals surface area (Å²) >= 11 is 0. The van der Waals surface area contributed by atoms with Crippen molar-refractivity contribution in [3.8, 4) is 0 Å². The predicted molar refractivity (Wildman–Crippen MR) is 249 cm³/mol. The Balaban J connectivity index is 1.79. The zero-order valence-corrected chi connectivity index (χ0v) is 40.7. The number of carboxylic acids is 1. The number of rotatable bonds is 27. The maximum atomic E-state index is 14.5. The summed E-state index contributed by atoms with van der Waals surface area (Å²) in [6.45, 7) is 14.2. The van der Waals surface area contributed by atoms with Gasteiger partial charge in [0, 0.05) is 40.7 Å². The van der Waals surface area contributed by atoms with E-state index in [0.29, 0.717) is 38.8 Å². The second-order valence-electron chi connectivity index (χ2n) is 18.3. The van der Waals surface area contributed by atoms with E-state index >= 15 is 0 Å². The number of ether oxygens (including phenoxy) is 3. The normalized spacial score (nSPS) is 17.7. The van der Waals surface area contributed by atoms with Crippen LogP contribution in [0.5, 0.6) is 0 Å². The summed E-state index contributed by atoms with van der Waals surface area (Å²) in [7, 11) is 6.53. The highest BCUT2D eigenvalue weighted by molar-refractivity contribution is 5.90. The quantitative estimate of drug-likeness (QED) is 0.0985. The van der Waals surface area contributed by atoms with Crippen LogP contribution in [0.1, 0.15) is 98.1 Å². The van der Waals surface area contributed by atoms with Gasteiger partial charge in [-0.1, -0.05) is 116 Å². The highest BCUT2D eigenvalue weighted by Gasteiger charge is 2.43. The number of hydrogen-bond acceptors (Lipinski definition) is 10. The van der Waals surface area contributed by atoms with Gasteiger partial charge in [0.15, 0.2) is 0 Å². The molecule has 1 saturated heterocycles. The van der Waals surface area contributed by atoms with Crippen LogP contribution in [0, 0.1) is 23.7 Å². The monoisotopic (exact) mass is 908 g/mol. The molecule has 1 heterocycles. The summed E-state index contributed by atoms with van der Waals surface area (Å²) in [5.74, 6) is -3.93. The largest absolute Gasteiger partial charge is 0.481 e. The number of methoxy groups -OCH3 is 2. The van der Waals surface area contributed by atoms with Gasteiger partial charge in [0.2, 0.25) is 23.6 Å². The minimum absolute atomic E-state index is 0.0119. The summed E-state index contributed by atoms with van der Waals surface area (Å²) in [6, 6.07) is 15.3. The number of carboxylic acid groups (broad SMARTS) is 1. The van der Waals surface area contributed by atoms with Gasteiger partial charge in [0.25, 0.3) is 0 Å². The van der Waals surface area contributed by atoms with Crippen molar-refractivity contribution in [3.63, 3.8) is 0 Å². The molecule has 362 valence electrons. The molecule has 0 aliphatic carbocycles. The van der Waals surface area contributed by atoms with Crippen molar-refractivity contribution >= 4 is 35.6 Å². The number of likely N-dealkylation sites (tertiary alicyclic amines) is 1. The minimum Gasteiger partial charge on any atom is -0.481 e. The molecule has 0 aromatic heterocycles. The number of esters is 1. The van der Waals surface area contributed by atoms with Gasteiger partial charge in [-0.15, -0.1) is 0 Å². The van der Waals surface area contributed by atoms with Crippen LogP contribution in [0.3, 0.4) is 0 Å². The molecule has 2 aromatic carbocycles. The van der Waals surface area contributed by atoms with Crippen molar-refractivity contribution in [2.24, 2.45) is 23.7 Å². The number of carbonyl (C=O) groups excluding carboxylic acids is 5. The molecule has 0 radical (unpaired) electrons. The Labute approximate surface area is 387 Å². The maximum absolute atomic E-state index is 14.5. The van der Waals surface area contributed by atoms with Gasteiger partial charge in [0.1, 0.15) is 18.7 Å². The first kappa shape index (κ1) is 54.5. The first-order chi connectivity index (χ1) is 30.9. The Morgan fingerprint density at radius 2 is 1.45 bits per heavy atom. The third-order valence-electron chi connectivity index (χ3n) is 12.9. The van der Waals surface area contributed by atoms with Gasteiger partial charge in [-0.05, 0) is 61.7 Å². The number of likely N-dealkylation sites (N-methyl/N-ethyl adjacent to an activating group) is 2. The molecular weight excluding hydrogens is 831 g/mol. The van der Waals surface area contributed by atoms with Crippen molar-refractivity contribution in [1.82, 2.24) is 25.3 Å². The van der Waals surface area contributed by atoms with Crippen molar-refractivity contribution in [1.29, 1.82) is 0 Å². The Hall–Kier alpha value is -4.86. The zero-order chi connectivity index (χ0) is 48.4. The lowest BCUT2D eigenvalue weighted by atomic mass is 9.89. The number of benzene rings is 2. The predicted octanol–water partition coefficient (Wildman–Crippen LogP) is 5.34. The fourth-order valence-electron chi connectivity index (χ4n) is 9.08. The average Bonchev–Trinajstić information content (AvgIpc) is 3.76. The van der Waals surface area contributed by atoms with Crippen molar-refractivity contribution in [2.75, 3.05) is 41.4 Å². The third kappa shape index (κ3) is 15.9. The molecule has 3 rings (SSSR count). The fraction of sp³-hybridized carbons (Fsp3) is 0.640. The standard InChI is InChI=1S/C50H77N5O10/c1-12-34(6)45(54(9)49(61)43(32(2)3)52-48(60)44(33(4)5)53(8)27-20-26-42(57)58)40(63-10)30-41(56)55-28-19-25-39(55)46(64-11)35(7)47(59)51-38(29-36-21-15-13-16-22-36)50(62)65-31-37-23-17-14-18-24-37/h13-18,21-24,32-35,38-40,43-46H,12,19-20,25-31H2,1-11H3,(H,51,59)(H,52,60)(H,57,58)/t34-,35+,38-,39-,40+,43-,44-,45-,46+/m0/s1. The van der Waals surface area contributed by atoms with Crippen LogP contribution < -0.4 is 10.6 Å². The van der Waals surface area contributed by atoms with Crippen LogP contribution in [-0.2, 0) is 56.0 Å². The van der Waals surface area contributed by atoms with Gasteiger partial charge in [-0.25, -0.2) is 4.79 Å². The number of aliphatic carboxylic acids is 1. The molecule has 65 heavy (non-hydrogen) atoms. The molecule has 0 saturated carbocycles. The smallest absolute Gasteiger partial charge is 0.329 e. The van der Waals surface area contributed by atoms with E-state index < -0.39 is 66.2 Å². The first-order valence-electron chi connectivity index (χ1n) is 23.2. The van der Waals surface area contributed by atoms with Crippen molar-refractivity contribution in [2.45, 2.75) is 142 Å². The van der Waals surface area contributed by atoms with E-state index in [1.165, 1.54) is 14.2 Å². The van der Waals surface area contributed by atoms with Crippen LogP contribution in [-0.4, -0.2) is 139 Å². The molecular formula is C50H77N5O10. The topological polar surface area (TPSA) is 184 Å². The lowest BCUT2D eigenvalue weighted by Crippen LogP contribution is -2.60. The summed E-state index contributed by atoms with van der Waals surface area (Å²) in [5.41, 5.74) is 1.68. The second kappa shape index (κ2) is 26.9. The average molecular weight is 908 g/mol. The lowest BCUT2D eigenvalue weighted by molar-refractivity contribution is -0.151. The van der Waals surface area contributed by atoms with E-state index in [-0.39, 0.29) is 61.3 Å². The number of hydrogen-bond donors (Lipinski definition) is 3. The Morgan fingerprint density at radius 3 is 1.98 bits per heavy atom. The molecule has 9 atom stereocenters.